The van der Waals surface area contributed by atoms with Crippen molar-refractivity contribution in [2.24, 2.45) is 0 Å². The van der Waals surface area contributed by atoms with Crippen LogP contribution in [0.15, 0.2) is 18.2 Å². The molecule has 4 heteroatoms. The quantitative estimate of drug-likeness (QED) is 0.839. The van der Waals surface area contributed by atoms with Gasteiger partial charge in [0.15, 0.2) is 0 Å². The number of carbonyl (C=O) groups is 1. The summed E-state index contributed by atoms with van der Waals surface area (Å²) in [6, 6.07) is 5.38. The SMILES string of the molecule is CCC(CC)N(C)C(=O)c1cccc(N)c1Cl. The fourth-order valence-corrected chi connectivity index (χ4v) is 2.11. The van der Waals surface area contributed by atoms with Crippen molar-refractivity contribution < 1.29 is 4.79 Å². The van der Waals surface area contributed by atoms with Crippen LogP contribution in [0, 0.1) is 0 Å². The normalized spacial score (nSPS) is 10.6. The first-order valence-corrected chi connectivity index (χ1v) is 6.21. The largest absolute Gasteiger partial charge is 0.398 e. The van der Waals surface area contributed by atoms with Gasteiger partial charge in [-0.05, 0) is 25.0 Å². The number of hydrogen-bond acceptors (Lipinski definition) is 2. The maximum absolute atomic E-state index is 12.3. The topological polar surface area (TPSA) is 46.3 Å². The third-order valence-corrected chi connectivity index (χ3v) is 3.49. The van der Waals surface area contributed by atoms with Gasteiger partial charge in [-0.15, -0.1) is 0 Å². The molecule has 1 amide bonds. The van der Waals surface area contributed by atoms with E-state index in [4.69, 9.17) is 17.3 Å². The van der Waals surface area contributed by atoms with Crippen molar-refractivity contribution in [3.05, 3.63) is 28.8 Å². The second-order valence-corrected chi connectivity index (χ2v) is 4.47. The van der Waals surface area contributed by atoms with Gasteiger partial charge < -0.3 is 10.6 Å². The Kier molecular flexibility index (Phi) is 4.82. The van der Waals surface area contributed by atoms with Gasteiger partial charge in [0.25, 0.3) is 5.91 Å². The summed E-state index contributed by atoms with van der Waals surface area (Å²) in [7, 11) is 1.81. The van der Waals surface area contributed by atoms with E-state index < -0.39 is 0 Å². The predicted molar refractivity (Wildman–Crippen MR) is 72.3 cm³/mol. The zero-order chi connectivity index (χ0) is 13.0. The molecule has 0 saturated carbocycles. The highest BCUT2D eigenvalue weighted by atomic mass is 35.5. The van der Waals surface area contributed by atoms with Crippen LogP contribution in [0.3, 0.4) is 0 Å². The summed E-state index contributed by atoms with van der Waals surface area (Å²) in [6.45, 7) is 4.14. The van der Waals surface area contributed by atoms with Crippen LogP contribution in [0.1, 0.15) is 37.0 Å². The van der Waals surface area contributed by atoms with Gasteiger partial charge in [0.2, 0.25) is 0 Å². The van der Waals surface area contributed by atoms with Gasteiger partial charge in [-0.1, -0.05) is 31.5 Å². The van der Waals surface area contributed by atoms with Crippen LogP contribution in [0.2, 0.25) is 5.02 Å². The Hall–Kier alpha value is -1.22. The Balaban J connectivity index is 3.00. The van der Waals surface area contributed by atoms with E-state index in [1.807, 2.05) is 0 Å². The maximum Gasteiger partial charge on any atom is 0.255 e. The van der Waals surface area contributed by atoms with Gasteiger partial charge in [0, 0.05) is 13.1 Å². The minimum atomic E-state index is -0.0731. The number of benzene rings is 1. The average molecular weight is 255 g/mol. The Morgan fingerprint density at radius 3 is 2.53 bits per heavy atom. The summed E-state index contributed by atoms with van der Waals surface area (Å²) in [4.78, 5) is 14.0. The lowest BCUT2D eigenvalue weighted by molar-refractivity contribution is 0.0724. The zero-order valence-corrected chi connectivity index (χ0v) is 11.3. The van der Waals surface area contributed by atoms with Crippen LogP contribution in [0.5, 0.6) is 0 Å². The van der Waals surface area contributed by atoms with Crippen LogP contribution in [-0.2, 0) is 0 Å². The van der Waals surface area contributed by atoms with Gasteiger partial charge in [-0.3, -0.25) is 4.79 Å². The van der Waals surface area contributed by atoms with Crippen molar-refractivity contribution in [3.8, 4) is 0 Å². The molecule has 0 aliphatic heterocycles. The van der Waals surface area contributed by atoms with E-state index in [0.717, 1.165) is 12.8 Å². The van der Waals surface area contributed by atoms with E-state index in [1.165, 1.54) is 0 Å². The van der Waals surface area contributed by atoms with Crippen molar-refractivity contribution in [1.82, 2.24) is 4.90 Å². The third-order valence-electron chi connectivity index (χ3n) is 3.07. The lowest BCUT2D eigenvalue weighted by atomic mass is 10.1. The van der Waals surface area contributed by atoms with E-state index in [-0.39, 0.29) is 11.9 Å². The number of carbonyl (C=O) groups excluding carboxylic acids is 1. The molecule has 0 atom stereocenters. The lowest BCUT2D eigenvalue weighted by Crippen LogP contribution is -2.36. The molecule has 1 rings (SSSR count). The lowest BCUT2D eigenvalue weighted by Gasteiger charge is -2.26. The van der Waals surface area contributed by atoms with Gasteiger partial charge in [0.1, 0.15) is 0 Å². The first-order chi connectivity index (χ1) is 8.02. The molecule has 94 valence electrons. The van der Waals surface area contributed by atoms with Crippen molar-refractivity contribution >= 4 is 23.2 Å². The van der Waals surface area contributed by atoms with Crippen LogP contribution >= 0.6 is 11.6 Å². The van der Waals surface area contributed by atoms with Crippen LogP contribution in [0.4, 0.5) is 5.69 Å². The van der Waals surface area contributed by atoms with E-state index >= 15 is 0 Å². The van der Waals surface area contributed by atoms with E-state index in [1.54, 1.807) is 30.1 Å². The maximum atomic E-state index is 12.3. The van der Waals surface area contributed by atoms with Crippen molar-refractivity contribution in [1.29, 1.82) is 0 Å². The molecule has 3 nitrogen and oxygen atoms in total. The number of nitrogen functional groups attached to an aromatic ring is 1. The Labute approximate surface area is 108 Å². The molecule has 0 fully saturated rings. The van der Waals surface area contributed by atoms with E-state index in [0.29, 0.717) is 16.3 Å². The number of amides is 1. The first-order valence-electron chi connectivity index (χ1n) is 5.84. The average Bonchev–Trinajstić information content (AvgIpc) is 2.33. The fraction of sp³-hybridized carbons (Fsp3) is 0.462. The molecule has 1 aromatic rings. The Bertz CT molecular complexity index is 402. The molecule has 2 N–H and O–H groups in total. The van der Waals surface area contributed by atoms with E-state index in [2.05, 4.69) is 13.8 Å². The second kappa shape index (κ2) is 5.92. The molecule has 0 saturated heterocycles. The van der Waals surface area contributed by atoms with Gasteiger partial charge in [0.05, 0.1) is 16.3 Å². The number of rotatable bonds is 4. The smallest absolute Gasteiger partial charge is 0.255 e. The second-order valence-electron chi connectivity index (χ2n) is 4.10. The number of halogens is 1. The Morgan fingerprint density at radius 2 is 2.00 bits per heavy atom. The summed E-state index contributed by atoms with van der Waals surface area (Å²) in [5.41, 5.74) is 6.61. The van der Waals surface area contributed by atoms with Crippen LogP contribution < -0.4 is 5.73 Å². The highest BCUT2D eigenvalue weighted by Gasteiger charge is 2.20. The predicted octanol–water partition coefficient (Wildman–Crippen LogP) is 3.18. The first kappa shape index (κ1) is 13.8. The fourth-order valence-electron chi connectivity index (χ4n) is 1.91. The molecular weight excluding hydrogens is 236 g/mol. The molecule has 0 unspecified atom stereocenters. The third kappa shape index (κ3) is 2.91. The van der Waals surface area contributed by atoms with Crippen molar-refractivity contribution in [3.63, 3.8) is 0 Å². The molecule has 0 aliphatic carbocycles. The molecule has 0 spiro atoms. The molecule has 0 bridgehead atoms. The molecule has 17 heavy (non-hydrogen) atoms. The summed E-state index contributed by atoms with van der Waals surface area (Å²) in [5.74, 6) is -0.0731. The van der Waals surface area contributed by atoms with Gasteiger partial charge >= 0.3 is 0 Å². The van der Waals surface area contributed by atoms with Crippen LogP contribution in [0.25, 0.3) is 0 Å². The summed E-state index contributed by atoms with van der Waals surface area (Å²) < 4.78 is 0. The summed E-state index contributed by atoms with van der Waals surface area (Å²) >= 11 is 6.05. The zero-order valence-electron chi connectivity index (χ0n) is 10.5. The van der Waals surface area contributed by atoms with Gasteiger partial charge in [-0.2, -0.15) is 0 Å². The molecule has 0 radical (unpaired) electrons. The number of nitrogens with zero attached hydrogens (tertiary/aromatic N) is 1. The molecular formula is C13H19ClN2O. The number of hydrogen-bond donors (Lipinski definition) is 1. The Morgan fingerprint density at radius 1 is 1.41 bits per heavy atom. The molecule has 0 aliphatic rings. The van der Waals surface area contributed by atoms with Gasteiger partial charge in [-0.25, -0.2) is 0 Å². The van der Waals surface area contributed by atoms with E-state index in [9.17, 15) is 4.79 Å². The number of nitrogens with two attached hydrogens (primary N) is 1. The molecule has 0 aromatic heterocycles. The number of anilines is 1. The summed E-state index contributed by atoms with van der Waals surface area (Å²) in [5, 5.41) is 0.343. The minimum Gasteiger partial charge on any atom is -0.398 e. The standard InChI is InChI=1S/C13H19ClN2O/c1-4-9(5-2)16(3)13(17)10-7-6-8-11(15)12(10)14/h6-9H,4-5,15H2,1-3H3. The summed E-state index contributed by atoms with van der Waals surface area (Å²) in [6.07, 6.45) is 1.86. The molecule has 1 aromatic carbocycles. The minimum absolute atomic E-state index is 0.0731. The molecule has 0 heterocycles. The highest BCUT2D eigenvalue weighted by molar-refractivity contribution is 6.36. The van der Waals surface area contributed by atoms with Crippen LogP contribution in [-0.4, -0.2) is 23.9 Å². The van der Waals surface area contributed by atoms with Crippen molar-refractivity contribution in [2.45, 2.75) is 32.7 Å². The monoisotopic (exact) mass is 254 g/mol. The highest BCUT2D eigenvalue weighted by Crippen LogP contribution is 2.25. The van der Waals surface area contributed by atoms with Crippen molar-refractivity contribution in [2.75, 3.05) is 12.8 Å².